The SMILES string of the molecule is CO[C@@H](CN)Cc1cccc(OCC2CCCCC2)c1. The maximum absolute atomic E-state index is 5.96. The van der Waals surface area contributed by atoms with Crippen LogP contribution in [0.2, 0.25) is 0 Å². The molecule has 1 fully saturated rings. The van der Waals surface area contributed by atoms with Gasteiger partial charge in [-0.1, -0.05) is 31.4 Å². The van der Waals surface area contributed by atoms with Gasteiger partial charge >= 0.3 is 0 Å². The van der Waals surface area contributed by atoms with Gasteiger partial charge in [0.1, 0.15) is 5.75 Å². The molecule has 0 radical (unpaired) electrons. The highest BCUT2D eigenvalue weighted by Crippen LogP contribution is 2.25. The van der Waals surface area contributed by atoms with Gasteiger partial charge < -0.3 is 15.2 Å². The second-order valence-electron chi connectivity index (χ2n) is 5.76. The Bertz CT molecular complexity index is 384. The first-order valence-electron chi connectivity index (χ1n) is 7.76. The molecule has 0 unspecified atom stereocenters. The average molecular weight is 277 g/mol. The summed E-state index contributed by atoms with van der Waals surface area (Å²) in [5.74, 6) is 1.71. The van der Waals surface area contributed by atoms with Crippen molar-refractivity contribution in [3.05, 3.63) is 29.8 Å². The van der Waals surface area contributed by atoms with Gasteiger partial charge in [-0.25, -0.2) is 0 Å². The zero-order valence-electron chi connectivity index (χ0n) is 12.5. The van der Waals surface area contributed by atoms with Gasteiger partial charge in [0.2, 0.25) is 0 Å². The van der Waals surface area contributed by atoms with E-state index in [1.807, 2.05) is 6.07 Å². The molecule has 0 amide bonds. The summed E-state index contributed by atoms with van der Waals surface area (Å²) < 4.78 is 11.3. The Morgan fingerprint density at radius 2 is 2.05 bits per heavy atom. The number of benzene rings is 1. The van der Waals surface area contributed by atoms with E-state index in [1.165, 1.54) is 37.7 Å². The van der Waals surface area contributed by atoms with Crippen LogP contribution in [-0.4, -0.2) is 26.4 Å². The Morgan fingerprint density at radius 3 is 2.75 bits per heavy atom. The molecule has 0 bridgehead atoms. The Balaban J connectivity index is 1.85. The number of hydrogen-bond donors (Lipinski definition) is 1. The fourth-order valence-electron chi connectivity index (χ4n) is 2.86. The molecule has 1 aromatic carbocycles. The van der Waals surface area contributed by atoms with Crippen LogP contribution in [0.1, 0.15) is 37.7 Å². The molecule has 20 heavy (non-hydrogen) atoms. The molecule has 0 aromatic heterocycles. The highest BCUT2D eigenvalue weighted by molar-refractivity contribution is 5.29. The average Bonchev–Trinajstić information content (AvgIpc) is 2.52. The number of hydrogen-bond acceptors (Lipinski definition) is 3. The summed E-state index contributed by atoms with van der Waals surface area (Å²) >= 11 is 0. The summed E-state index contributed by atoms with van der Waals surface area (Å²) in [7, 11) is 1.71. The van der Waals surface area contributed by atoms with Crippen LogP contribution < -0.4 is 10.5 Å². The van der Waals surface area contributed by atoms with Crippen molar-refractivity contribution in [3.63, 3.8) is 0 Å². The molecule has 1 aliphatic carbocycles. The number of ether oxygens (including phenoxy) is 2. The number of nitrogens with two attached hydrogens (primary N) is 1. The van der Waals surface area contributed by atoms with Gasteiger partial charge in [-0.15, -0.1) is 0 Å². The lowest BCUT2D eigenvalue weighted by molar-refractivity contribution is 0.110. The van der Waals surface area contributed by atoms with E-state index in [9.17, 15) is 0 Å². The molecule has 1 saturated carbocycles. The lowest BCUT2D eigenvalue weighted by atomic mass is 9.90. The molecule has 3 heteroatoms. The van der Waals surface area contributed by atoms with E-state index in [2.05, 4.69) is 18.2 Å². The predicted octanol–water partition coefficient (Wildman–Crippen LogP) is 3.16. The van der Waals surface area contributed by atoms with Crippen LogP contribution in [0.3, 0.4) is 0 Å². The molecule has 2 N–H and O–H groups in total. The van der Waals surface area contributed by atoms with Gasteiger partial charge in [-0.3, -0.25) is 0 Å². The van der Waals surface area contributed by atoms with Gasteiger partial charge in [-0.2, -0.15) is 0 Å². The quantitative estimate of drug-likeness (QED) is 0.832. The fourth-order valence-corrected chi connectivity index (χ4v) is 2.86. The zero-order valence-corrected chi connectivity index (χ0v) is 12.5. The first-order valence-corrected chi connectivity index (χ1v) is 7.76. The monoisotopic (exact) mass is 277 g/mol. The summed E-state index contributed by atoms with van der Waals surface area (Å²) in [6, 6.07) is 8.31. The highest BCUT2D eigenvalue weighted by atomic mass is 16.5. The fraction of sp³-hybridized carbons (Fsp3) is 0.647. The van der Waals surface area contributed by atoms with Crippen LogP contribution >= 0.6 is 0 Å². The minimum Gasteiger partial charge on any atom is -0.493 e. The molecular formula is C17H27NO2. The van der Waals surface area contributed by atoms with Gasteiger partial charge in [0.05, 0.1) is 12.7 Å². The molecule has 0 spiro atoms. The highest BCUT2D eigenvalue weighted by Gasteiger charge is 2.14. The summed E-state index contributed by atoms with van der Waals surface area (Å²) in [6.07, 6.45) is 7.68. The van der Waals surface area contributed by atoms with E-state index in [1.54, 1.807) is 7.11 Å². The Hall–Kier alpha value is -1.06. The lowest BCUT2D eigenvalue weighted by Crippen LogP contribution is -2.24. The van der Waals surface area contributed by atoms with E-state index in [-0.39, 0.29) is 6.10 Å². The van der Waals surface area contributed by atoms with Crippen LogP contribution in [0.25, 0.3) is 0 Å². The van der Waals surface area contributed by atoms with Crippen molar-refractivity contribution in [2.24, 2.45) is 11.7 Å². The molecular weight excluding hydrogens is 250 g/mol. The van der Waals surface area contributed by atoms with Crippen molar-refractivity contribution in [1.29, 1.82) is 0 Å². The van der Waals surface area contributed by atoms with Crippen molar-refractivity contribution in [3.8, 4) is 5.75 Å². The third kappa shape index (κ3) is 4.80. The third-order valence-corrected chi connectivity index (χ3v) is 4.17. The van der Waals surface area contributed by atoms with Gasteiger partial charge in [-0.05, 0) is 42.9 Å². The minimum atomic E-state index is 0.0867. The predicted molar refractivity (Wildman–Crippen MR) is 82.1 cm³/mol. The van der Waals surface area contributed by atoms with Crippen LogP contribution in [0.4, 0.5) is 0 Å². The van der Waals surface area contributed by atoms with E-state index in [4.69, 9.17) is 15.2 Å². The van der Waals surface area contributed by atoms with E-state index in [0.29, 0.717) is 6.54 Å². The Labute approximate surface area is 122 Å². The van der Waals surface area contributed by atoms with Crippen molar-refractivity contribution in [1.82, 2.24) is 0 Å². The smallest absolute Gasteiger partial charge is 0.119 e. The third-order valence-electron chi connectivity index (χ3n) is 4.17. The molecule has 1 aromatic rings. The molecule has 2 rings (SSSR count). The standard InChI is InChI=1S/C17H27NO2/c1-19-17(12-18)11-15-8-5-9-16(10-15)20-13-14-6-3-2-4-7-14/h5,8-10,14,17H,2-4,6-7,11-13,18H2,1H3/t17-/m1/s1. The number of methoxy groups -OCH3 is 1. The first kappa shape index (κ1) is 15.3. The minimum absolute atomic E-state index is 0.0867. The second kappa shape index (κ2) is 8.28. The summed E-state index contributed by atoms with van der Waals surface area (Å²) in [5, 5.41) is 0. The maximum atomic E-state index is 5.96. The van der Waals surface area contributed by atoms with E-state index >= 15 is 0 Å². The van der Waals surface area contributed by atoms with Gasteiger partial charge in [0, 0.05) is 13.7 Å². The molecule has 112 valence electrons. The topological polar surface area (TPSA) is 44.5 Å². The van der Waals surface area contributed by atoms with Gasteiger partial charge in [0.15, 0.2) is 0 Å². The van der Waals surface area contributed by atoms with Crippen LogP contribution in [0.5, 0.6) is 5.75 Å². The molecule has 0 aliphatic heterocycles. The van der Waals surface area contributed by atoms with Crippen molar-refractivity contribution < 1.29 is 9.47 Å². The summed E-state index contributed by atoms with van der Waals surface area (Å²) in [4.78, 5) is 0. The van der Waals surface area contributed by atoms with Crippen molar-refractivity contribution in [2.45, 2.75) is 44.6 Å². The molecule has 0 heterocycles. The molecule has 1 atom stereocenters. The van der Waals surface area contributed by atoms with Crippen molar-refractivity contribution >= 4 is 0 Å². The Kier molecular flexibility index (Phi) is 6.34. The summed E-state index contributed by atoms with van der Waals surface area (Å²) in [6.45, 7) is 1.40. The maximum Gasteiger partial charge on any atom is 0.119 e. The molecule has 3 nitrogen and oxygen atoms in total. The van der Waals surface area contributed by atoms with E-state index in [0.717, 1.165) is 24.7 Å². The largest absolute Gasteiger partial charge is 0.493 e. The van der Waals surface area contributed by atoms with Gasteiger partial charge in [0.25, 0.3) is 0 Å². The molecule has 1 aliphatic rings. The second-order valence-corrected chi connectivity index (χ2v) is 5.76. The summed E-state index contributed by atoms with van der Waals surface area (Å²) in [5.41, 5.74) is 6.89. The van der Waals surface area contributed by atoms with Crippen LogP contribution in [-0.2, 0) is 11.2 Å². The molecule has 0 saturated heterocycles. The number of rotatable bonds is 7. The first-order chi connectivity index (χ1) is 9.81. The lowest BCUT2D eigenvalue weighted by Gasteiger charge is -2.22. The normalized spacial score (nSPS) is 17.9. The van der Waals surface area contributed by atoms with Crippen LogP contribution in [0, 0.1) is 5.92 Å². The van der Waals surface area contributed by atoms with Crippen molar-refractivity contribution in [2.75, 3.05) is 20.3 Å². The Morgan fingerprint density at radius 1 is 1.25 bits per heavy atom. The zero-order chi connectivity index (χ0) is 14.2. The van der Waals surface area contributed by atoms with E-state index < -0.39 is 0 Å². The van der Waals surface area contributed by atoms with Crippen LogP contribution in [0.15, 0.2) is 24.3 Å².